The molecule has 4 nitrogen and oxygen atoms in total. The van der Waals surface area contributed by atoms with Gasteiger partial charge in [-0.1, -0.05) is 11.6 Å². The van der Waals surface area contributed by atoms with Crippen LogP contribution in [0, 0.1) is 0 Å². The van der Waals surface area contributed by atoms with Gasteiger partial charge in [-0.2, -0.15) is 0 Å². The third-order valence-electron chi connectivity index (χ3n) is 2.51. The fraction of sp³-hybridized carbons (Fsp3) is 0.417. The number of imidazole rings is 1. The van der Waals surface area contributed by atoms with Crippen molar-refractivity contribution < 1.29 is 4.21 Å². The number of hydrogen-bond donors (Lipinski definition) is 1. The number of halogens is 1. The molecule has 1 atom stereocenters. The molecule has 0 aliphatic rings. The molecule has 2 rings (SSSR count). The second-order valence-corrected chi connectivity index (χ2v) is 7.52. The van der Waals surface area contributed by atoms with E-state index in [9.17, 15) is 4.21 Å². The summed E-state index contributed by atoms with van der Waals surface area (Å²) in [4.78, 5) is 4.30. The standard InChI is InChI=1S/C12H16ClN3OS/c1-12(2,3)18(17)15-7-10-11-6-9(13)4-5-16(11)8-14-10/h4-6,8,15H,7H2,1-3H3. The minimum atomic E-state index is -1.10. The Balaban J connectivity index is 2.18. The molecule has 2 heterocycles. The first-order valence-electron chi connectivity index (χ1n) is 5.64. The third kappa shape index (κ3) is 2.91. The molecule has 0 saturated heterocycles. The van der Waals surface area contributed by atoms with Crippen molar-refractivity contribution in [2.24, 2.45) is 0 Å². The van der Waals surface area contributed by atoms with Gasteiger partial charge in [0.05, 0.1) is 39.8 Å². The zero-order valence-corrected chi connectivity index (χ0v) is 12.2. The van der Waals surface area contributed by atoms with E-state index >= 15 is 0 Å². The largest absolute Gasteiger partial charge is 0.306 e. The van der Waals surface area contributed by atoms with Gasteiger partial charge >= 0.3 is 0 Å². The molecule has 0 bridgehead atoms. The fourth-order valence-corrected chi connectivity index (χ4v) is 2.36. The normalized spacial score (nSPS) is 14.0. The zero-order chi connectivity index (χ0) is 13.3. The third-order valence-corrected chi connectivity index (χ3v) is 4.26. The first-order chi connectivity index (χ1) is 8.38. The molecule has 2 aromatic rings. The minimum Gasteiger partial charge on any atom is -0.306 e. The molecule has 2 aromatic heterocycles. The second-order valence-electron chi connectivity index (χ2n) is 5.03. The lowest BCUT2D eigenvalue weighted by Gasteiger charge is -2.17. The lowest BCUT2D eigenvalue weighted by atomic mass is 10.3. The molecule has 0 spiro atoms. The van der Waals surface area contributed by atoms with Crippen molar-refractivity contribution in [3.63, 3.8) is 0 Å². The Morgan fingerprint density at radius 3 is 2.89 bits per heavy atom. The van der Waals surface area contributed by atoms with E-state index in [1.54, 1.807) is 12.4 Å². The van der Waals surface area contributed by atoms with Gasteiger partial charge in [-0.15, -0.1) is 0 Å². The van der Waals surface area contributed by atoms with Crippen molar-refractivity contribution in [1.29, 1.82) is 0 Å². The number of nitrogens with zero attached hydrogens (tertiary/aromatic N) is 2. The van der Waals surface area contributed by atoms with Gasteiger partial charge in [-0.3, -0.25) is 0 Å². The van der Waals surface area contributed by atoms with Gasteiger partial charge < -0.3 is 4.40 Å². The SMILES string of the molecule is CC(C)(C)S(=O)NCc1ncn2ccc(Cl)cc12. The van der Waals surface area contributed by atoms with E-state index in [1.807, 2.05) is 37.4 Å². The van der Waals surface area contributed by atoms with Crippen molar-refractivity contribution in [2.75, 3.05) is 0 Å². The van der Waals surface area contributed by atoms with Crippen LogP contribution >= 0.6 is 11.6 Å². The summed E-state index contributed by atoms with van der Waals surface area (Å²) in [6.45, 7) is 6.25. The molecule has 0 fully saturated rings. The monoisotopic (exact) mass is 285 g/mol. The van der Waals surface area contributed by atoms with Crippen molar-refractivity contribution in [3.8, 4) is 0 Å². The molecule has 0 amide bonds. The van der Waals surface area contributed by atoms with Crippen LogP contribution in [0.25, 0.3) is 5.52 Å². The van der Waals surface area contributed by atoms with Gasteiger partial charge in [0.25, 0.3) is 0 Å². The number of nitrogens with one attached hydrogen (secondary N) is 1. The van der Waals surface area contributed by atoms with Crippen molar-refractivity contribution >= 4 is 28.1 Å². The quantitative estimate of drug-likeness (QED) is 0.942. The number of aromatic nitrogens is 2. The maximum Gasteiger partial charge on any atom is 0.0996 e. The van der Waals surface area contributed by atoms with E-state index in [2.05, 4.69) is 9.71 Å². The van der Waals surface area contributed by atoms with Crippen LogP contribution in [-0.4, -0.2) is 18.3 Å². The van der Waals surface area contributed by atoms with Gasteiger partial charge in [0.2, 0.25) is 0 Å². The van der Waals surface area contributed by atoms with Crippen LogP contribution in [0.3, 0.4) is 0 Å². The predicted molar refractivity (Wildman–Crippen MR) is 74.9 cm³/mol. The maximum atomic E-state index is 11.9. The number of fused-ring (bicyclic) bond motifs is 1. The summed E-state index contributed by atoms with van der Waals surface area (Å²) in [6.07, 6.45) is 3.58. The Hall–Kier alpha value is -0.910. The fourth-order valence-electron chi connectivity index (χ4n) is 1.50. The minimum absolute atomic E-state index is 0.285. The lowest BCUT2D eigenvalue weighted by molar-refractivity contribution is 0.634. The average Bonchev–Trinajstić information content (AvgIpc) is 2.67. The maximum absolute atomic E-state index is 11.9. The summed E-state index contributed by atoms with van der Waals surface area (Å²) in [5, 5.41) is 0.668. The van der Waals surface area contributed by atoms with Gasteiger partial charge in [0, 0.05) is 11.2 Å². The Bertz CT molecular complexity index is 589. The summed E-state index contributed by atoms with van der Waals surface area (Å²) in [5.74, 6) is 0. The topological polar surface area (TPSA) is 46.4 Å². The summed E-state index contributed by atoms with van der Waals surface area (Å²) >= 11 is 5.96. The summed E-state index contributed by atoms with van der Waals surface area (Å²) in [5.41, 5.74) is 1.77. The van der Waals surface area contributed by atoms with E-state index in [0.29, 0.717) is 11.6 Å². The molecule has 0 saturated carbocycles. The highest BCUT2D eigenvalue weighted by atomic mass is 35.5. The van der Waals surface area contributed by atoms with Crippen molar-refractivity contribution in [1.82, 2.24) is 14.1 Å². The van der Waals surface area contributed by atoms with Crippen LogP contribution in [0.2, 0.25) is 5.02 Å². The predicted octanol–water partition coefficient (Wildman–Crippen LogP) is 2.54. The van der Waals surface area contributed by atoms with Crippen LogP contribution in [0.15, 0.2) is 24.7 Å². The molecule has 98 valence electrons. The van der Waals surface area contributed by atoms with Gasteiger partial charge in [-0.25, -0.2) is 13.9 Å². The van der Waals surface area contributed by atoms with Gasteiger partial charge in [-0.05, 0) is 32.9 Å². The van der Waals surface area contributed by atoms with E-state index < -0.39 is 11.0 Å². The molecular formula is C12H16ClN3OS. The molecule has 18 heavy (non-hydrogen) atoms. The van der Waals surface area contributed by atoms with Crippen LogP contribution < -0.4 is 4.72 Å². The highest BCUT2D eigenvalue weighted by molar-refractivity contribution is 7.84. The summed E-state index contributed by atoms with van der Waals surface area (Å²) < 4.78 is 16.5. The Kier molecular flexibility index (Phi) is 3.75. The lowest BCUT2D eigenvalue weighted by Crippen LogP contribution is -2.33. The second kappa shape index (κ2) is 4.99. The Morgan fingerprint density at radius 1 is 1.50 bits per heavy atom. The number of pyridine rings is 1. The van der Waals surface area contributed by atoms with Crippen LogP contribution in [0.4, 0.5) is 0 Å². The first-order valence-corrected chi connectivity index (χ1v) is 7.17. The van der Waals surface area contributed by atoms with E-state index in [-0.39, 0.29) is 4.75 Å². The first kappa shape index (κ1) is 13.5. The smallest absolute Gasteiger partial charge is 0.0996 e. The summed E-state index contributed by atoms with van der Waals surface area (Å²) in [6, 6.07) is 3.66. The molecule has 0 aromatic carbocycles. The molecule has 1 unspecified atom stereocenters. The van der Waals surface area contributed by atoms with Gasteiger partial charge in [0.15, 0.2) is 0 Å². The Morgan fingerprint density at radius 2 is 2.22 bits per heavy atom. The summed E-state index contributed by atoms with van der Waals surface area (Å²) in [7, 11) is -1.10. The molecule has 0 aliphatic carbocycles. The van der Waals surface area contributed by atoms with Crippen LogP contribution in [-0.2, 0) is 17.5 Å². The molecule has 6 heteroatoms. The molecule has 0 radical (unpaired) electrons. The average molecular weight is 286 g/mol. The molecule has 0 aliphatic heterocycles. The van der Waals surface area contributed by atoms with Crippen LogP contribution in [0.1, 0.15) is 26.5 Å². The Labute approximate surface area is 114 Å². The van der Waals surface area contributed by atoms with Gasteiger partial charge in [0.1, 0.15) is 0 Å². The van der Waals surface area contributed by atoms with Crippen LogP contribution in [0.5, 0.6) is 0 Å². The van der Waals surface area contributed by atoms with E-state index in [1.165, 1.54) is 0 Å². The van der Waals surface area contributed by atoms with E-state index in [4.69, 9.17) is 11.6 Å². The van der Waals surface area contributed by atoms with E-state index in [0.717, 1.165) is 11.2 Å². The zero-order valence-electron chi connectivity index (χ0n) is 10.6. The molecule has 1 N–H and O–H groups in total. The number of rotatable bonds is 3. The highest BCUT2D eigenvalue weighted by Crippen LogP contribution is 2.16. The van der Waals surface area contributed by atoms with Crippen molar-refractivity contribution in [3.05, 3.63) is 35.4 Å². The molecular weight excluding hydrogens is 270 g/mol. The van der Waals surface area contributed by atoms with Crippen molar-refractivity contribution in [2.45, 2.75) is 32.1 Å². The highest BCUT2D eigenvalue weighted by Gasteiger charge is 2.19. The number of hydrogen-bond acceptors (Lipinski definition) is 2.